The van der Waals surface area contributed by atoms with Crippen molar-refractivity contribution in [1.29, 1.82) is 0 Å². The fraction of sp³-hybridized carbons (Fsp3) is 0.400. The van der Waals surface area contributed by atoms with Gasteiger partial charge in [-0.05, 0) is 72.3 Å². The zero-order chi connectivity index (χ0) is 14.6. The van der Waals surface area contributed by atoms with Crippen LogP contribution in [0.3, 0.4) is 0 Å². The Kier molecular flexibility index (Phi) is 2.93. The highest BCUT2D eigenvalue weighted by molar-refractivity contribution is 5.41. The molecule has 0 saturated heterocycles. The van der Waals surface area contributed by atoms with Gasteiger partial charge in [0.15, 0.2) is 0 Å². The van der Waals surface area contributed by atoms with E-state index in [1.807, 2.05) is 0 Å². The molecule has 108 valence electrons. The average Bonchev–Trinajstić information content (AvgIpc) is 3.24. The number of fused-ring (bicyclic) bond motifs is 3. The predicted molar refractivity (Wildman–Crippen MR) is 85.4 cm³/mol. The lowest BCUT2D eigenvalue weighted by molar-refractivity contribution is 0.145. The first-order chi connectivity index (χ1) is 10.2. The molecule has 4 rings (SSSR count). The third kappa shape index (κ3) is 2.03. The molecule has 4 atom stereocenters. The van der Waals surface area contributed by atoms with Crippen LogP contribution < -0.4 is 0 Å². The maximum absolute atomic E-state index is 10.8. The van der Waals surface area contributed by atoms with Crippen LogP contribution >= 0.6 is 0 Å². The molecule has 0 heterocycles. The minimum Gasteiger partial charge on any atom is -0.388 e. The Labute approximate surface area is 126 Å². The van der Waals surface area contributed by atoms with Crippen molar-refractivity contribution in [2.24, 2.45) is 11.8 Å². The van der Waals surface area contributed by atoms with Gasteiger partial charge in [-0.15, -0.1) is 0 Å². The van der Waals surface area contributed by atoms with Crippen LogP contribution in [0.25, 0.3) is 0 Å². The minimum absolute atomic E-state index is 0.314. The summed E-state index contributed by atoms with van der Waals surface area (Å²) in [6.45, 7) is 4.25. The van der Waals surface area contributed by atoms with Crippen molar-refractivity contribution in [3.8, 4) is 0 Å². The average molecular weight is 278 g/mol. The number of benzene rings is 2. The van der Waals surface area contributed by atoms with E-state index in [2.05, 4.69) is 56.3 Å². The second kappa shape index (κ2) is 4.71. The van der Waals surface area contributed by atoms with Crippen molar-refractivity contribution in [2.75, 3.05) is 0 Å². The Balaban J connectivity index is 1.63. The van der Waals surface area contributed by atoms with E-state index in [0.29, 0.717) is 17.8 Å². The van der Waals surface area contributed by atoms with Crippen LogP contribution in [-0.4, -0.2) is 5.11 Å². The third-order valence-electron chi connectivity index (χ3n) is 5.63. The summed E-state index contributed by atoms with van der Waals surface area (Å²) in [5.74, 6) is 1.67. The van der Waals surface area contributed by atoms with E-state index in [4.69, 9.17) is 0 Å². The van der Waals surface area contributed by atoms with E-state index in [1.165, 1.54) is 35.1 Å². The van der Waals surface area contributed by atoms with Crippen LogP contribution in [-0.2, 0) is 6.42 Å². The molecular weight excluding hydrogens is 256 g/mol. The maximum Gasteiger partial charge on any atom is 0.0827 e. The van der Waals surface area contributed by atoms with Gasteiger partial charge >= 0.3 is 0 Å². The molecule has 1 saturated carbocycles. The van der Waals surface area contributed by atoms with Gasteiger partial charge in [0.25, 0.3) is 0 Å². The summed E-state index contributed by atoms with van der Waals surface area (Å²) in [4.78, 5) is 0. The van der Waals surface area contributed by atoms with Gasteiger partial charge < -0.3 is 5.11 Å². The van der Waals surface area contributed by atoms with Gasteiger partial charge in [0.05, 0.1) is 6.10 Å². The van der Waals surface area contributed by atoms with Crippen molar-refractivity contribution in [2.45, 2.75) is 38.7 Å². The van der Waals surface area contributed by atoms with Crippen molar-refractivity contribution in [3.63, 3.8) is 0 Å². The fourth-order valence-electron chi connectivity index (χ4n) is 4.22. The van der Waals surface area contributed by atoms with E-state index >= 15 is 0 Å². The molecule has 0 amide bonds. The molecule has 2 aromatic carbocycles. The SMILES string of the molecule is Cc1ccc(C(O)C2C3CCc4ccccc4C32)cc1C. The van der Waals surface area contributed by atoms with E-state index in [1.54, 1.807) is 0 Å². The molecule has 4 unspecified atom stereocenters. The van der Waals surface area contributed by atoms with Crippen molar-refractivity contribution < 1.29 is 5.11 Å². The van der Waals surface area contributed by atoms with Gasteiger partial charge in [-0.25, -0.2) is 0 Å². The fourth-order valence-corrected chi connectivity index (χ4v) is 4.22. The number of aliphatic hydroxyl groups is 1. The molecule has 1 nitrogen and oxygen atoms in total. The van der Waals surface area contributed by atoms with Crippen molar-refractivity contribution in [1.82, 2.24) is 0 Å². The van der Waals surface area contributed by atoms with Crippen LogP contribution in [0.1, 0.15) is 46.3 Å². The molecule has 2 aromatic rings. The summed E-state index contributed by atoms with van der Waals surface area (Å²) in [5, 5.41) is 10.8. The van der Waals surface area contributed by atoms with Crippen LogP contribution in [0.15, 0.2) is 42.5 Å². The Morgan fingerprint density at radius 3 is 2.67 bits per heavy atom. The largest absolute Gasteiger partial charge is 0.388 e. The minimum atomic E-state index is -0.314. The highest BCUT2D eigenvalue weighted by Gasteiger charge is 2.56. The molecular formula is C20H22O. The van der Waals surface area contributed by atoms with Crippen molar-refractivity contribution >= 4 is 0 Å². The molecule has 1 heteroatoms. The lowest BCUT2D eigenvalue weighted by Crippen LogP contribution is -2.03. The molecule has 0 aliphatic heterocycles. The lowest BCUT2D eigenvalue weighted by Gasteiger charge is -2.14. The lowest BCUT2D eigenvalue weighted by atomic mass is 9.92. The van der Waals surface area contributed by atoms with E-state index < -0.39 is 0 Å². The van der Waals surface area contributed by atoms with Crippen LogP contribution in [0.4, 0.5) is 0 Å². The number of hydrogen-bond donors (Lipinski definition) is 1. The second-order valence-corrected chi connectivity index (χ2v) is 6.79. The zero-order valence-electron chi connectivity index (χ0n) is 12.7. The predicted octanol–water partition coefficient (Wildman–Crippen LogP) is 4.31. The smallest absolute Gasteiger partial charge is 0.0827 e. The third-order valence-corrected chi connectivity index (χ3v) is 5.63. The molecule has 0 aromatic heterocycles. The zero-order valence-corrected chi connectivity index (χ0v) is 12.7. The van der Waals surface area contributed by atoms with Crippen LogP contribution in [0.5, 0.6) is 0 Å². The molecule has 1 N–H and O–H groups in total. The van der Waals surface area contributed by atoms with E-state index in [0.717, 1.165) is 5.56 Å². The van der Waals surface area contributed by atoms with E-state index in [9.17, 15) is 5.11 Å². The Morgan fingerprint density at radius 2 is 1.86 bits per heavy atom. The van der Waals surface area contributed by atoms with Gasteiger partial charge in [0.1, 0.15) is 0 Å². The van der Waals surface area contributed by atoms with Gasteiger partial charge in [-0.1, -0.05) is 42.5 Å². The summed E-state index contributed by atoms with van der Waals surface area (Å²) < 4.78 is 0. The Morgan fingerprint density at radius 1 is 1.05 bits per heavy atom. The summed E-state index contributed by atoms with van der Waals surface area (Å²) >= 11 is 0. The molecule has 0 radical (unpaired) electrons. The van der Waals surface area contributed by atoms with Crippen LogP contribution in [0.2, 0.25) is 0 Å². The molecule has 21 heavy (non-hydrogen) atoms. The number of rotatable bonds is 2. The standard InChI is InChI=1S/C20H22O/c1-12-7-8-15(11-13(12)2)20(21)19-17-10-9-14-5-3-4-6-16(14)18(17)19/h3-8,11,17-21H,9-10H2,1-2H3. The molecule has 1 fully saturated rings. The van der Waals surface area contributed by atoms with Crippen LogP contribution in [0, 0.1) is 25.7 Å². The summed E-state index contributed by atoms with van der Waals surface area (Å²) in [6.07, 6.45) is 2.09. The quantitative estimate of drug-likeness (QED) is 0.867. The van der Waals surface area contributed by atoms with Gasteiger partial charge in [-0.3, -0.25) is 0 Å². The molecule has 2 aliphatic carbocycles. The van der Waals surface area contributed by atoms with Crippen molar-refractivity contribution in [3.05, 3.63) is 70.3 Å². The first-order valence-electron chi connectivity index (χ1n) is 8.00. The summed E-state index contributed by atoms with van der Waals surface area (Å²) in [5.41, 5.74) is 6.64. The van der Waals surface area contributed by atoms with Gasteiger partial charge in [-0.2, -0.15) is 0 Å². The highest BCUT2D eigenvalue weighted by atomic mass is 16.3. The number of hydrogen-bond acceptors (Lipinski definition) is 1. The summed E-state index contributed by atoms with van der Waals surface area (Å²) in [7, 11) is 0. The molecule has 0 spiro atoms. The van der Waals surface area contributed by atoms with Gasteiger partial charge in [0, 0.05) is 0 Å². The normalized spacial score (nSPS) is 27.7. The summed E-state index contributed by atoms with van der Waals surface area (Å²) in [6, 6.07) is 15.2. The number of aliphatic hydroxyl groups excluding tert-OH is 1. The first-order valence-corrected chi connectivity index (χ1v) is 8.00. The topological polar surface area (TPSA) is 20.2 Å². The van der Waals surface area contributed by atoms with E-state index in [-0.39, 0.29) is 6.10 Å². The maximum atomic E-state index is 10.8. The number of aryl methyl sites for hydroxylation is 3. The monoisotopic (exact) mass is 278 g/mol. The first kappa shape index (κ1) is 13.1. The molecule has 2 aliphatic rings. The highest BCUT2D eigenvalue weighted by Crippen LogP contribution is 2.64. The van der Waals surface area contributed by atoms with Gasteiger partial charge in [0.2, 0.25) is 0 Å². The Hall–Kier alpha value is -1.60. The Bertz CT molecular complexity index is 688. The second-order valence-electron chi connectivity index (χ2n) is 6.79. The molecule has 0 bridgehead atoms.